The molecule has 0 amide bonds. The van der Waals surface area contributed by atoms with Crippen molar-refractivity contribution in [2.24, 2.45) is 0 Å². The first-order chi connectivity index (χ1) is 4.33. The van der Waals surface area contributed by atoms with E-state index in [1.54, 1.807) is 0 Å². The van der Waals surface area contributed by atoms with Gasteiger partial charge in [0, 0.05) is 6.54 Å². The molecule has 0 aliphatic rings. The first-order valence-electron chi connectivity index (χ1n) is 2.96. The minimum absolute atomic E-state index is 0.676. The maximum Gasteiger partial charge on any atom is 0.242 e. The van der Waals surface area contributed by atoms with E-state index in [-0.39, 0.29) is 0 Å². The van der Waals surface area contributed by atoms with Gasteiger partial charge in [-0.05, 0) is 13.8 Å². The van der Waals surface area contributed by atoms with E-state index in [9.17, 15) is 0 Å². The summed E-state index contributed by atoms with van der Waals surface area (Å²) in [5, 5.41) is 9.56. The molecular weight excluding hydrogens is 116 g/mol. The minimum Gasteiger partial charge on any atom is -0.353 e. The van der Waals surface area contributed by atoms with Crippen molar-refractivity contribution in [1.82, 2.24) is 15.2 Å². The van der Waals surface area contributed by atoms with Crippen LogP contribution in [0.5, 0.6) is 0 Å². The zero-order chi connectivity index (χ0) is 6.69. The molecule has 50 valence electrons. The Labute approximate surface area is 53.7 Å². The van der Waals surface area contributed by atoms with Crippen molar-refractivity contribution >= 4 is 5.95 Å². The van der Waals surface area contributed by atoms with Crippen molar-refractivity contribution in [3.63, 3.8) is 0 Å². The number of anilines is 1. The van der Waals surface area contributed by atoms with Crippen molar-refractivity contribution in [3.8, 4) is 0 Å². The smallest absolute Gasteiger partial charge is 0.242 e. The quantitative estimate of drug-likeness (QED) is 0.608. The van der Waals surface area contributed by atoms with Gasteiger partial charge in [-0.3, -0.25) is 5.10 Å². The fourth-order valence-electron chi connectivity index (χ4n) is 0.580. The molecule has 0 aliphatic heterocycles. The van der Waals surface area contributed by atoms with E-state index >= 15 is 0 Å². The molecule has 1 aromatic rings. The SMILES string of the molecule is CCNc1n[nH]c(C)n1. The molecule has 0 saturated carbocycles. The summed E-state index contributed by atoms with van der Waals surface area (Å²) in [6.07, 6.45) is 0. The predicted octanol–water partition coefficient (Wildman–Crippen LogP) is 0.545. The molecule has 0 unspecified atom stereocenters. The van der Waals surface area contributed by atoms with Crippen LogP contribution in [-0.2, 0) is 0 Å². The number of aromatic amines is 1. The average Bonchev–Trinajstić information content (AvgIpc) is 2.17. The fraction of sp³-hybridized carbons (Fsp3) is 0.600. The van der Waals surface area contributed by atoms with E-state index < -0.39 is 0 Å². The number of nitrogens with one attached hydrogen (secondary N) is 2. The molecule has 0 spiro atoms. The summed E-state index contributed by atoms with van der Waals surface area (Å²) < 4.78 is 0. The highest BCUT2D eigenvalue weighted by Crippen LogP contribution is 1.94. The Hall–Kier alpha value is -1.06. The lowest BCUT2D eigenvalue weighted by atomic mass is 10.7. The summed E-state index contributed by atoms with van der Waals surface area (Å²) in [6.45, 7) is 4.73. The Kier molecular flexibility index (Phi) is 1.67. The predicted molar refractivity (Wildman–Crippen MR) is 35.3 cm³/mol. The van der Waals surface area contributed by atoms with Gasteiger partial charge in [0.05, 0.1) is 0 Å². The summed E-state index contributed by atoms with van der Waals surface area (Å²) in [5.41, 5.74) is 0. The zero-order valence-corrected chi connectivity index (χ0v) is 5.60. The highest BCUT2D eigenvalue weighted by atomic mass is 15.3. The lowest BCUT2D eigenvalue weighted by molar-refractivity contribution is 1.03. The number of hydrogen-bond acceptors (Lipinski definition) is 3. The number of nitrogens with zero attached hydrogens (tertiary/aromatic N) is 2. The van der Waals surface area contributed by atoms with Crippen molar-refractivity contribution in [2.75, 3.05) is 11.9 Å². The molecule has 1 rings (SSSR count). The van der Waals surface area contributed by atoms with E-state index in [2.05, 4.69) is 20.5 Å². The van der Waals surface area contributed by atoms with Crippen LogP contribution in [0.15, 0.2) is 0 Å². The first-order valence-corrected chi connectivity index (χ1v) is 2.96. The average molecular weight is 126 g/mol. The van der Waals surface area contributed by atoms with Crippen LogP contribution in [0.1, 0.15) is 12.7 Å². The summed E-state index contributed by atoms with van der Waals surface area (Å²) in [4.78, 5) is 4.02. The molecule has 0 fully saturated rings. The molecule has 0 saturated heterocycles. The minimum atomic E-state index is 0.676. The number of rotatable bonds is 2. The maximum absolute atomic E-state index is 4.02. The second-order valence-corrected chi connectivity index (χ2v) is 1.77. The second kappa shape index (κ2) is 2.48. The van der Waals surface area contributed by atoms with Gasteiger partial charge in [-0.1, -0.05) is 0 Å². The van der Waals surface area contributed by atoms with E-state index in [1.807, 2.05) is 13.8 Å². The van der Waals surface area contributed by atoms with Gasteiger partial charge in [-0.2, -0.15) is 4.98 Å². The largest absolute Gasteiger partial charge is 0.353 e. The van der Waals surface area contributed by atoms with Crippen LogP contribution in [0, 0.1) is 6.92 Å². The van der Waals surface area contributed by atoms with Gasteiger partial charge in [0.25, 0.3) is 0 Å². The van der Waals surface area contributed by atoms with Crippen LogP contribution < -0.4 is 5.32 Å². The van der Waals surface area contributed by atoms with Crippen LogP contribution in [0.25, 0.3) is 0 Å². The van der Waals surface area contributed by atoms with Crippen molar-refractivity contribution in [3.05, 3.63) is 5.82 Å². The number of aryl methyl sites for hydroxylation is 1. The lowest BCUT2D eigenvalue weighted by Crippen LogP contribution is -1.97. The maximum atomic E-state index is 4.02. The van der Waals surface area contributed by atoms with Crippen LogP contribution in [0.2, 0.25) is 0 Å². The third-order valence-electron chi connectivity index (χ3n) is 0.932. The van der Waals surface area contributed by atoms with Gasteiger partial charge in [0.2, 0.25) is 5.95 Å². The number of hydrogen-bond donors (Lipinski definition) is 2. The van der Waals surface area contributed by atoms with Crippen LogP contribution in [0.3, 0.4) is 0 Å². The van der Waals surface area contributed by atoms with Crippen LogP contribution in [0.4, 0.5) is 5.95 Å². The standard InChI is InChI=1S/C5H10N4/c1-3-6-5-7-4(2)8-9-5/h3H2,1-2H3,(H2,6,7,8,9). The third-order valence-corrected chi connectivity index (χ3v) is 0.932. The molecule has 9 heavy (non-hydrogen) atoms. The topological polar surface area (TPSA) is 53.6 Å². The summed E-state index contributed by atoms with van der Waals surface area (Å²) in [5.74, 6) is 1.51. The highest BCUT2D eigenvalue weighted by Gasteiger charge is 1.93. The monoisotopic (exact) mass is 126 g/mol. The Bertz CT molecular complexity index is 181. The summed E-state index contributed by atoms with van der Waals surface area (Å²) in [7, 11) is 0. The Morgan fingerprint density at radius 3 is 2.89 bits per heavy atom. The number of aromatic nitrogens is 3. The van der Waals surface area contributed by atoms with Crippen molar-refractivity contribution in [2.45, 2.75) is 13.8 Å². The molecule has 0 aromatic carbocycles. The summed E-state index contributed by atoms with van der Waals surface area (Å²) in [6, 6.07) is 0. The van der Waals surface area contributed by atoms with Gasteiger partial charge in [0.1, 0.15) is 5.82 Å². The van der Waals surface area contributed by atoms with Crippen molar-refractivity contribution in [1.29, 1.82) is 0 Å². The molecular formula is C5H10N4. The molecule has 1 heterocycles. The normalized spacial score (nSPS) is 9.56. The van der Waals surface area contributed by atoms with Gasteiger partial charge in [-0.25, -0.2) is 0 Å². The molecule has 0 radical (unpaired) electrons. The molecule has 4 heteroatoms. The van der Waals surface area contributed by atoms with E-state index in [4.69, 9.17) is 0 Å². The van der Waals surface area contributed by atoms with Crippen LogP contribution in [-0.4, -0.2) is 21.7 Å². The van der Waals surface area contributed by atoms with Gasteiger partial charge < -0.3 is 5.32 Å². The molecule has 4 nitrogen and oxygen atoms in total. The molecule has 1 aromatic heterocycles. The number of H-pyrrole nitrogens is 1. The molecule has 0 bridgehead atoms. The van der Waals surface area contributed by atoms with Gasteiger partial charge >= 0.3 is 0 Å². The lowest BCUT2D eigenvalue weighted by Gasteiger charge is -1.90. The summed E-state index contributed by atoms with van der Waals surface area (Å²) >= 11 is 0. The van der Waals surface area contributed by atoms with Crippen molar-refractivity contribution < 1.29 is 0 Å². The molecule has 0 aliphatic carbocycles. The Morgan fingerprint density at radius 1 is 1.67 bits per heavy atom. The molecule has 2 N–H and O–H groups in total. The Balaban J connectivity index is 2.61. The zero-order valence-electron chi connectivity index (χ0n) is 5.60. The Morgan fingerprint density at radius 2 is 2.44 bits per heavy atom. The first kappa shape index (κ1) is 6.07. The fourth-order valence-corrected chi connectivity index (χ4v) is 0.580. The van der Waals surface area contributed by atoms with E-state index in [0.29, 0.717) is 5.95 Å². The molecule has 0 atom stereocenters. The second-order valence-electron chi connectivity index (χ2n) is 1.77. The van der Waals surface area contributed by atoms with Gasteiger partial charge in [-0.15, -0.1) is 5.10 Å². The van der Waals surface area contributed by atoms with Gasteiger partial charge in [0.15, 0.2) is 0 Å². The highest BCUT2D eigenvalue weighted by molar-refractivity contribution is 5.21. The van der Waals surface area contributed by atoms with E-state index in [1.165, 1.54) is 0 Å². The van der Waals surface area contributed by atoms with E-state index in [0.717, 1.165) is 12.4 Å². The third kappa shape index (κ3) is 1.42. The van der Waals surface area contributed by atoms with Crippen LogP contribution >= 0.6 is 0 Å².